The molecule has 0 spiro atoms. The van der Waals surface area contributed by atoms with Crippen LogP contribution in [0.25, 0.3) is 0 Å². The van der Waals surface area contributed by atoms with E-state index in [0.29, 0.717) is 0 Å². The first kappa shape index (κ1) is 6.86. The van der Waals surface area contributed by atoms with Gasteiger partial charge >= 0.3 is 5.97 Å². The van der Waals surface area contributed by atoms with Gasteiger partial charge in [-0.05, 0) is 13.3 Å². The summed E-state index contributed by atoms with van der Waals surface area (Å²) in [5.74, 6) is -0.668. The van der Waals surface area contributed by atoms with E-state index in [9.17, 15) is 4.79 Å². The number of ether oxygens (including phenoxy) is 1. The van der Waals surface area contributed by atoms with Crippen LogP contribution in [0.1, 0.15) is 30.2 Å². The number of rotatable bonds is 6. The Labute approximate surface area is 76.4 Å². The molecular weight excluding hydrogens is 160 g/mol. The number of esters is 1. The second-order valence-electron chi connectivity index (χ2n) is 2.32. The van der Waals surface area contributed by atoms with Crippen LogP contribution >= 0.6 is 0 Å². The number of aliphatic hydroxyl groups is 2. The Morgan fingerprint density at radius 1 is 1.58 bits per heavy atom. The topological polar surface area (TPSA) is 66.8 Å². The van der Waals surface area contributed by atoms with E-state index in [1.54, 1.807) is 0 Å². The Kier molecular flexibility index (Phi) is 4.04. The summed E-state index contributed by atoms with van der Waals surface area (Å²) in [4.78, 5) is 11.1. The molecule has 12 heavy (non-hydrogen) atoms. The van der Waals surface area contributed by atoms with Gasteiger partial charge in [0.25, 0.3) is 0 Å². The SMILES string of the molecule is [2H]C([2H])([2H])C(CCO)OC(=O)CCCO. The maximum Gasteiger partial charge on any atom is 0.306 e. The zero-order chi connectivity index (χ0) is 11.9. The average Bonchev–Trinajstić information content (AvgIpc) is 2.12. The number of carbonyl (C=O) groups excluding carboxylic acids is 1. The first-order valence-electron chi connectivity index (χ1n) is 5.33. The largest absolute Gasteiger partial charge is 0.463 e. The van der Waals surface area contributed by atoms with Crippen molar-refractivity contribution in [3.63, 3.8) is 0 Å². The average molecular weight is 179 g/mol. The molecule has 0 aromatic carbocycles. The summed E-state index contributed by atoms with van der Waals surface area (Å²) in [7, 11) is 0. The first-order chi connectivity index (χ1) is 6.91. The zero-order valence-corrected chi connectivity index (χ0v) is 6.82. The highest BCUT2D eigenvalue weighted by Crippen LogP contribution is 2.00. The molecule has 0 aliphatic carbocycles. The smallest absolute Gasteiger partial charge is 0.306 e. The lowest BCUT2D eigenvalue weighted by molar-refractivity contribution is -0.149. The van der Waals surface area contributed by atoms with Crippen molar-refractivity contribution in [1.82, 2.24) is 0 Å². The molecule has 0 aliphatic rings. The van der Waals surface area contributed by atoms with Gasteiger partial charge in [-0.15, -0.1) is 0 Å². The predicted molar refractivity (Wildman–Crippen MR) is 43.6 cm³/mol. The predicted octanol–water partition coefficient (Wildman–Crippen LogP) is 0.0730. The van der Waals surface area contributed by atoms with Gasteiger partial charge in [0.1, 0.15) is 6.10 Å². The van der Waals surface area contributed by atoms with Crippen LogP contribution in [0.2, 0.25) is 0 Å². The van der Waals surface area contributed by atoms with Crippen molar-refractivity contribution in [3.8, 4) is 0 Å². The highest BCUT2D eigenvalue weighted by molar-refractivity contribution is 5.69. The summed E-state index contributed by atoms with van der Waals surface area (Å²) in [6, 6.07) is 0. The van der Waals surface area contributed by atoms with Gasteiger partial charge in [-0.1, -0.05) is 0 Å². The summed E-state index contributed by atoms with van der Waals surface area (Å²) in [6.07, 6.45) is -1.16. The van der Waals surface area contributed by atoms with E-state index in [0.717, 1.165) is 0 Å². The van der Waals surface area contributed by atoms with E-state index < -0.39 is 18.9 Å². The monoisotopic (exact) mass is 179 g/mol. The molecule has 0 saturated carbocycles. The van der Waals surface area contributed by atoms with Gasteiger partial charge in [0.15, 0.2) is 0 Å². The van der Waals surface area contributed by atoms with E-state index in [1.807, 2.05) is 0 Å². The third-order valence-corrected chi connectivity index (χ3v) is 1.20. The van der Waals surface area contributed by atoms with Gasteiger partial charge in [0.2, 0.25) is 0 Å². The van der Waals surface area contributed by atoms with Crippen LogP contribution in [0.15, 0.2) is 0 Å². The maximum atomic E-state index is 11.1. The first-order valence-corrected chi connectivity index (χ1v) is 3.83. The molecule has 0 heterocycles. The van der Waals surface area contributed by atoms with Crippen LogP contribution < -0.4 is 0 Å². The minimum Gasteiger partial charge on any atom is -0.463 e. The molecular formula is C8H16O4. The van der Waals surface area contributed by atoms with Gasteiger partial charge in [0.05, 0.1) is 0 Å². The molecule has 0 radical (unpaired) electrons. The summed E-state index contributed by atoms with van der Waals surface area (Å²) < 4.78 is 25.9. The van der Waals surface area contributed by atoms with Crippen molar-refractivity contribution in [1.29, 1.82) is 0 Å². The number of carbonyl (C=O) groups is 1. The molecule has 4 nitrogen and oxygen atoms in total. The molecule has 0 aromatic rings. The van der Waals surface area contributed by atoms with Crippen LogP contribution in [0.5, 0.6) is 0 Å². The fourth-order valence-electron chi connectivity index (χ4n) is 0.617. The van der Waals surface area contributed by atoms with E-state index in [2.05, 4.69) is 4.74 Å². The lowest BCUT2D eigenvalue weighted by Crippen LogP contribution is -2.16. The van der Waals surface area contributed by atoms with Crippen LogP contribution in [-0.4, -0.2) is 35.5 Å². The lowest BCUT2D eigenvalue weighted by atomic mass is 10.3. The summed E-state index contributed by atoms with van der Waals surface area (Å²) in [5, 5.41) is 17.1. The molecule has 0 fully saturated rings. The second kappa shape index (κ2) is 7.06. The van der Waals surface area contributed by atoms with Crippen LogP contribution in [0.4, 0.5) is 0 Å². The summed E-state index contributed by atoms with van der Waals surface area (Å²) in [5.41, 5.74) is 0. The summed E-state index contributed by atoms with van der Waals surface area (Å²) in [6.45, 7) is -2.92. The fourth-order valence-corrected chi connectivity index (χ4v) is 0.617. The third-order valence-electron chi connectivity index (χ3n) is 1.20. The van der Waals surface area contributed by atoms with Gasteiger partial charge in [-0.2, -0.15) is 0 Å². The number of aliphatic hydroxyl groups excluding tert-OH is 2. The standard InChI is InChI=1S/C8H16O4/c1-7(4-6-10)12-8(11)3-2-5-9/h7,9-10H,2-6H2,1H3/i1D3. The minimum absolute atomic E-state index is 0.0193. The molecule has 2 N–H and O–H groups in total. The molecule has 0 aliphatic heterocycles. The molecule has 1 unspecified atom stereocenters. The number of hydrogen-bond acceptors (Lipinski definition) is 4. The van der Waals surface area contributed by atoms with E-state index in [4.69, 9.17) is 14.3 Å². The Morgan fingerprint density at radius 2 is 2.33 bits per heavy atom. The van der Waals surface area contributed by atoms with Gasteiger partial charge in [-0.3, -0.25) is 4.79 Å². The summed E-state index contributed by atoms with van der Waals surface area (Å²) >= 11 is 0. The maximum absolute atomic E-state index is 11.1. The van der Waals surface area contributed by atoms with Crippen LogP contribution in [-0.2, 0) is 9.53 Å². The highest BCUT2D eigenvalue weighted by Gasteiger charge is 2.07. The lowest BCUT2D eigenvalue weighted by Gasteiger charge is -2.10. The minimum atomic E-state index is -2.42. The molecule has 1 atom stereocenters. The Morgan fingerprint density at radius 3 is 2.83 bits per heavy atom. The molecule has 0 aromatic heterocycles. The van der Waals surface area contributed by atoms with Crippen molar-refractivity contribution >= 4 is 5.97 Å². The highest BCUT2D eigenvalue weighted by atomic mass is 16.5. The van der Waals surface area contributed by atoms with Gasteiger partial charge in [0, 0.05) is 30.2 Å². The third kappa shape index (κ3) is 6.12. The van der Waals surface area contributed by atoms with E-state index in [1.165, 1.54) is 0 Å². The second-order valence-corrected chi connectivity index (χ2v) is 2.32. The molecule has 4 heteroatoms. The van der Waals surface area contributed by atoms with Crippen molar-refractivity contribution in [2.45, 2.75) is 32.2 Å². The van der Waals surface area contributed by atoms with Crippen molar-refractivity contribution < 1.29 is 23.9 Å². The van der Waals surface area contributed by atoms with Crippen LogP contribution in [0.3, 0.4) is 0 Å². The molecule has 72 valence electrons. The van der Waals surface area contributed by atoms with Crippen molar-refractivity contribution in [2.24, 2.45) is 0 Å². The molecule has 0 bridgehead atoms. The number of hydrogen-bond donors (Lipinski definition) is 2. The Bertz CT molecular complexity index is 193. The fraction of sp³-hybridized carbons (Fsp3) is 0.875. The van der Waals surface area contributed by atoms with Gasteiger partial charge in [-0.25, -0.2) is 0 Å². The van der Waals surface area contributed by atoms with E-state index >= 15 is 0 Å². The van der Waals surface area contributed by atoms with Gasteiger partial charge < -0.3 is 14.9 Å². The quantitative estimate of drug-likeness (QED) is 0.566. The zero-order valence-electron chi connectivity index (χ0n) is 9.82. The Hall–Kier alpha value is -0.610. The Balaban J connectivity index is 4.11. The van der Waals surface area contributed by atoms with Crippen molar-refractivity contribution in [3.05, 3.63) is 0 Å². The molecule has 0 rings (SSSR count). The molecule has 0 amide bonds. The normalized spacial score (nSPS) is 17.3. The van der Waals surface area contributed by atoms with Crippen LogP contribution in [0, 0.1) is 0 Å². The van der Waals surface area contributed by atoms with E-state index in [-0.39, 0.29) is 32.5 Å². The van der Waals surface area contributed by atoms with Crippen molar-refractivity contribution in [2.75, 3.05) is 13.2 Å². The molecule has 0 saturated heterocycles.